The summed E-state index contributed by atoms with van der Waals surface area (Å²) in [5.74, 6) is 2.01. The zero-order valence-corrected chi connectivity index (χ0v) is 59.7. The summed E-state index contributed by atoms with van der Waals surface area (Å²) in [5.41, 5.74) is 0.720. The van der Waals surface area contributed by atoms with Crippen molar-refractivity contribution >= 4 is 177 Å². The molecule has 1 rings (SSSR count). The second-order valence-corrected chi connectivity index (χ2v) is 36.8. The van der Waals surface area contributed by atoms with E-state index in [0.29, 0.717) is 14.6 Å². The minimum atomic E-state index is -1.66. The van der Waals surface area contributed by atoms with Crippen molar-refractivity contribution in [3.05, 3.63) is 57.2 Å². The van der Waals surface area contributed by atoms with E-state index >= 15 is 0 Å². The molecule has 0 unspecified atom stereocenters. The molecule has 1 fully saturated rings. The number of ketones is 3. The molecule has 0 amide bonds. The molecule has 1 aliphatic rings. The average Bonchev–Trinajstić information content (AvgIpc) is 3.17. The molecule has 0 aromatic rings. The standard InChI is InChI=1S/C14H28OSi.C8H14O.C6H10O.C5H10O.C3H5.4C2H6.BHI3.BH2I2.BH3I.BH3.V.Y/c1-8-9-10-11-12-13(2)15-16(6,7)14(3,4)5;1-3-4-5-6-7-8(2)9;7-6-4-2-1-3-5-6;1-3-4-5(2)6;1-3-2;4*1-2;2-1(3)4;2-1-3;1-2;;;/h8H,1-2,9-12H2,3-7H3;3H,1,4-7H2,2H3;1-5H2;3-4H2,1-2H3;3H,1-2H2;4*1-2H3;1H;1H2;1H3;1H3;;/q;;;;-1;;;;;4*-1;;. The average molecular weight is 1670 g/mol. The summed E-state index contributed by atoms with van der Waals surface area (Å²) in [4.78, 5) is 30.9. The fraction of sp³-hybridized carbons (Fsp3) is 0.727. The molecule has 17 heteroatoms. The number of unbranched alkanes of at least 4 members (excludes halogenated alkanes) is 4. The molecule has 0 N–H and O–H groups in total. The van der Waals surface area contributed by atoms with E-state index in [4.69, 9.17) is 4.43 Å². The fourth-order valence-corrected chi connectivity index (χ4v) is 4.27. The van der Waals surface area contributed by atoms with Crippen LogP contribution >= 0.6 is 134 Å². The Morgan fingerprint density at radius 3 is 1.25 bits per heavy atom. The number of Topliss-reactive ketones (excluding diaryl/α,β-unsaturated/α-hetero) is 3. The van der Waals surface area contributed by atoms with E-state index in [-0.39, 0.29) is 70.8 Å². The second-order valence-electron chi connectivity index (χ2n) is 12.5. The van der Waals surface area contributed by atoms with Crippen molar-refractivity contribution in [1.29, 1.82) is 0 Å². The first kappa shape index (κ1) is 103. The van der Waals surface area contributed by atoms with Crippen molar-refractivity contribution in [1.82, 2.24) is 0 Å². The van der Waals surface area contributed by atoms with Crippen molar-refractivity contribution < 1.29 is 70.1 Å². The van der Waals surface area contributed by atoms with Gasteiger partial charge >= 0.3 is 0 Å². The number of rotatable bonds is 14. The monoisotopic (exact) mass is 1670 g/mol. The van der Waals surface area contributed by atoms with Crippen molar-refractivity contribution in [3.8, 4) is 0 Å². The van der Waals surface area contributed by atoms with Gasteiger partial charge in [0.25, 0.3) is 0 Å². The second kappa shape index (κ2) is 97.8. The fourth-order valence-electron chi connectivity index (χ4n) is 3.14. The SMILES string of the molecule is C=CCCCCC(=C)O[Si](C)(C)C(C)(C)C.C=CCCCCC(C)=O.C=C[CH2-].CC.CC.CC.CC.CCCC(C)=O.I[BH-](I)I.I[BH2-]I.O=C1CCCCC1.[BH3-].[BH3-]I.[V].[Y]. The predicted molar refractivity (Wildman–Crippen MR) is 350 cm³/mol. The van der Waals surface area contributed by atoms with Crippen molar-refractivity contribution in [3.63, 3.8) is 0 Å². The van der Waals surface area contributed by atoms with Crippen LogP contribution in [0.15, 0.2) is 50.3 Å². The molecule has 0 aromatic carbocycles. The van der Waals surface area contributed by atoms with E-state index in [2.05, 4.69) is 201 Å². The third-order valence-corrected chi connectivity index (χ3v) is 10.9. The van der Waals surface area contributed by atoms with Crippen LogP contribution in [-0.4, -0.2) is 43.1 Å². The zero-order chi connectivity index (χ0) is 49.0. The Hall–Kier alpha value is 4.18. The molecule has 0 aromatic heterocycles. The molecule has 0 saturated heterocycles. The van der Waals surface area contributed by atoms with Crippen molar-refractivity contribution in [2.75, 3.05) is 0 Å². The van der Waals surface area contributed by atoms with Gasteiger partial charge in [-0.25, -0.2) is 19.6 Å². The number of halogens is 6. The smallest absolute Gasteiger partial charge is 0.250 e. The number of carbonyl (C=O) groups is 3. The number of hydrogen-bond donors (Lipinski definition) is 0. The minimum Gasteiger partial charge on any atom is -0.547 e. The van der Waals surface area contributed by atoms with Crippen LogP contribution in [0.2, 0.25) is 18.1 Å². The van der Waals surface area contributed by atoms with Gasteiger partial charge in [-0.15, -0.1) is 13.2 Å². The number of carbonyl (C=O) groups excluding carboxylic acids is 3. The Morgan fingerprint density at radius 1 is 0.787 bits per heavy atom. The van der Waals surface area contributed by atoms with Crippen LogP contribution in [0, 0.1) is 6.92 Å². The Bertz CT molecular complexity index is 825. The largest absolute Gasteiger partial charge is 0.547 e. The summed E-state index contributed by atoms with van der Waals surface area (Å²) in [6.45, 7) is 50.4. The summed E-state index contributed by atoms with van der Waals surface area (Å²) in [5, 5.41) is 0.261. The van der Waals surface area contributed by atoms with Gasteiger partial charge < -0.3 is 148 Å². The first-order valence-corrected chi connectivity index (χ1v) is 32.9. The molecule has 61 heavy (non-hydrogen) atoms. The Balaban J connectivity index is -0.0000000358. The molecule has 1 saturated carbocycles. The first-order valence-electron chi connectivity index (χ1n) is 21.1. The summed E-state index contributed by atoms with van der Waals surface area (Å²) < 4.78 is 6.70. The maximum atomic E-state index is 10.5. The van der Waals surface area contributed by atoms with Crippen LogP contribution in [0.3, 0.4) is 0 Å². The van der Waals surface area contributed by atoms with Crippen LogP contribution in [0.1, 0.15) is 193 Å². The van der Waals surface area contributed by atoms with E-state index in [9.17, 15) is 14.4 Å². The molecule has 1 aliphatic carbocycles. The molecule has 4 nitrogen and oxygen atoms in total. The van der Waals surface area contributed by atoms with Crippen molar-refractivity contribution in [2.45, 2.75) is 211 Å². The van der Waals surface area contributed by atoms with Crippen LogP contribution in [0.5, 0.6) is 0 Å². The third-order valence-electron chi connectivity index (χ3n) is 6.52. The third kappa shape index (κ3) is 146. The van der Waals surface area contributed by atoms with Crippen molar-refractivity contribution in [2.24, 2.45) is 0 Å². The molecule has 0 atom stereocenters. The number of allylic oxidation sites excluding steroid dienone is 4. The Labute approximate surface area is 507 Å². The Morgan fingerprint density at radius 2 is 1.07 bits per heavy atom. The van der Waals surface area contributed by atoms with Crippen LogP contribution in [0.4, 0.5) is 0 Å². The molecular formula is C44H100B4I6O4SiVY-5. The first-order chi connectivity index (χ1) is 27.2. The summed E-state index contributed by atoms with van der Waals surface area (Å²) in [6, 6.07) is 0. The predicted octanol–water partition coefficient (Wildman–Crippen LogP) is 17.0. The zero-order valence-electron chi connectivity index (χ0n) is 41.5. The summed E-state index contributed by atoms with van der Waals surface area (Å²) >= 11 is 14.4. The molecule has 0 bridgehead atoms. The van der Waals surface area contributed by atoms with Gasteiger partial charge in [-0.3, -0.25) is 4.79 Å². The number of hydrogen-bond acceptors (Lipinski definition) is 4. The van der Waals surface area contributed by atoms with Gasteiger partial charge in [-0.05, 0) is 89.8 Å². The van der Waals surface area contributed by atoms with Gasteiger partial charge in [-0.1, -0.05) is 108 Å². The molecular weight excluding hydrogens is 1570 g/mol. The van der Waals surface area contributed by atoms with Gasteiger partial charge in [0, 0.05) is 89.1 Å². The maximum Gasteiger partial charge on any atom is 0.250 e. The molecule has 3 radical (unpaired) electrons. The summed E-state index contributed by atoms with van der Waals surface area (Å²) in [6.07, 6.45) is 20.6. The molecule has 0 spiro atoms. The van der Waals surface area contributed by atoms with Crippen LogP contribution in [0.25, 0.3) is 0 Å². The van der Waals surface area contributed by atoms with Gasteiger partial charge in [0.1, 0.15) is 17.3 Å². The van der Waals surface area contributed by atoms with Gasteiger partial charge in [0.15, 0.2) is 0.282 Å². The molecule has 371 valence electrons. The minimum absolute atomic E-state index is 0. The van der Waals surface area contributed by atoms with E-state index < -0.39 is 8.32 Å². The summed E-state index contributed by atoms with van der Waals surface area (Å²) in [7, 11) is -1.66. The van der Waals surface area contributed by atoms with Crippen LogP contribution in [-0.2, 0) is 70.1 Å². The maximum absolute atomic E-state index is 10.5. The van der Waals surface area contributed by atoms with E-state index in [0.717, 1.165) is 94.9 Å². The molecule has 0 aliphatic heterocycles. The van der Waals surface area contributed by atoms with Crippen LogP contribution < -0.4 is 0 Å². The van der Waals surface area contributed by atoms with Gasteiger partial charge in [-0.2, -0.15) is 8.41 Å². The van der Waals surface area contributed by atoms with E-state index in [1.807, 2.05) is 74.5 Å². The van der Waals surface area contributed by atoms with E-state index in [1.54, 1.807) is 13.8 Å². The Kier molecular flexibility index (Phi) is 164. The topological polar surface area (TPSA) is 60.4 Å². The molecule has 0 heterocycles. The normalized spacial score (nSPS) is 9.54. The van der Waals surface area contributed by atoms with E-state index in [1.165, 1.54) is 18.9 Å². The van der Waals surface area contributed by atoms with Gasteiger partial charge in [0.2, 0.25) is 8.32 Å². The van der Waals surface area contributed by atoms with Gasteiger partial charge in [0.05, 0.1) is 8.75 Å². The quantitative estimate of drug-likeness (QED) is 0.0434.